The quantitative estimate of drug-likeness (QED) is 0.314. The van der Waals surface area contributed by atoms with E-state index in [0.29, 0.717) is 6.61 Å². The Morgan fingerprint density at radius 2 is 1.71 bits per heavy atom. The molecular weight excluding hydrogens is 390 g/mol. The van der Waals surface area contributed by atoms with E-state index in [0.717, 1.165) is 11.8 Å². The summed E-state index contributed by atoms with van der Waals surface area (Å²) < 4.78 is 33.6. The van der Waals surface area contributed by atoms with Crippen LogP contribution in [0.5, 0.6) is 0 Å². The molecule has 28 heavy (non-hydrogen) atoms. The van der Waals surface area contributed by atoms with Crippen LogP contribution in [-0.4, -0.2) is 46.5 Å². The van der Waals surface area contributed by atoms with Crippen molar-refractivity contribution in [2.75, 3.05) is 13.2 Å². The van der Waals surface area contributed by atoms with E-state index >= 15 is 0 Å². The van der Waals surface area contributed by atoms with Gasteiger partial charge in [-0.3, -0.25) is 0 Å². The number of hydrogen-bond acceptors (Lipinski definition) is 4. The lowest BCUT2D eigenvalue weighted by atomic mass is 10.2. The normalized spacial score (nSPS) is 14.6. The first-order valence-corrected chi connectivity index (χ1v) is 14.0. The number of carbonyl (C=O) groups excluding carboxylic acids is 1. The van der Waals surface area contributed by atoms with Crippen molar-refractivity contribution in [1.29, 1.82) is 0 Å². The van der Waals surface area contributed by atoms with Crippen molar-refractivity contribution < 1.29 is 17.6 Å². The van der Waals surface area contributed by atoms with Crippen LogP contribution in [-0.2, 0) is 19.2 Å². The monoisotopic (exact) mass is 425 g/mol. The molecule has 0 fully saturated rings. The molecule has 1 aromatic rings. The molecule has 0 saturated carbocycles. The molecule has 0 radical (unpaired) electrons. The minimum atomic E-state index is -3.69. The lowest BCUT2D eigenvalue weighted by molar-refractivity contribution is -0.108. The fourth-order valence-electron chi connectivity index (χ4n) is 2.34. The summed E-state index contributed by atoms with van der Waals surface area (Å²) >= 11 is 0. The molecular formula is C21H35NO4SSi. The van der Waals surface area contributed by atoms with Gasteiger partial charge in [-0.1, -0.05) is 50.6 Å². The van der Waals surface area contributed by atoms with E-state index < -0.39 is 24.4 Å². The minimum absolute atomic E-state index is 0.125. The molecule has 0 aromatic heterocycles. The second-order valence-corrected chi connectivity index (χ2v) is 15.4. The molecule has 1 rings (SSSR count). The summed E-state index contributed by atoms with van der Waals surface area (Å²) in [5.74, 6) is 0. The Morgan fingerprint density at radius 1 is 1.14 bits per heavy atom. The van der Waals surface area contributed by atoms with Gasteiger partial charge in [-0.05, 0) is 44.1 Å². The van der Waals surface area contributed by atoms with Crippen LogP contribution in [0.25, 0.3) is 0 Å². The van der Waals surface area contributed by atoms with Crippen molar-refractivity contribution in [2.45, 2.75) is 70.1 Å². The first-order chi connectivity index (χ1) is 12.8. The van der Waals surface area contributed by atoms with Gasteiger partial charge in [0, 0.05) is 19.0 Å². The largest absolute Gasteiger partial charge is 0.413 e. The van der Waals surface area contributed by atoms with Crippen LogP contribution in [0.1, 0.15) is 39.7 Å². The predicted octanol–water partition coefficient (Wildman–Crippen LogP) is 4.54. The lowest BCUT2D eigenvalue weighted by Crippen LogP contribution is -2.41. The molecule has 0 aliphatic carbocycles. The number of hydrogen-bond donors (Lipinski definition) is 0. The molecule has 0 heterocycles. The molecule has 0 saturated heterocycles. The van der Waals surface area contributed by atoms with E-state index in [4.69, 9.17) is 4.43 Å². The van der Waals surface area contributed by atoms with Crippen molar-refractivity contribution in [3.63, 3.8) is 0 Å². The van der Waals surface area contributed by atoms with E-state index in [2.05, 4.69) is 33.9 Å². The number of nitrogens with zero attached hydrogens (tertiary/aromatic N) is 1. The molecule has 0 unspecified atom stereocenters. The van der Waals surface area contributed by atoms with Crippen molar-refractivity contribution in [3.8, 4) is 0 Å². The smallest absolute Gasteiger partial charge is 0.243 e. The van der Waals surface area contributed by atoms with Crippen molar-refractivity contribution in [1.82, 2.24) is 4.31 Å². The number of rotatable bonds is 10. The van der Waals surface area contributed by atoms with Gasteiger partial charge in [0.1, 0.15) is 6.29 Å². The van der Waals surface area contributed by atoms with Gasteiger partial charge < -0.3 is 9.22 Å². The molecule has 1 aromatic carbocycles. The highest BCUT2D eigenvalue weighted by atomic mass is 32.2. The van der Waals surface area contributed by atoms with Gasteiger partial charge in [0.05, 0.1) is 11.5 Å². The Labute approximate surface area is 172 Å². The zero-order valence-electron chi connectivity index (χ0n) is 18.2. The zero-order valence-corrected chi connectivity index (χ0v) is 20.0. The van der Waals surface area contributed by atoms with E-state index in [1.165, 1.54) is 4.31 Å². The number of aldehydes is 1. The Morgan fingerprint density at radius 3 is 2.21 bits per heavy atom. The lowest BCUT2D eigenvalue weighted by Gasteiger charge is -2.35. The van der Waals surface area contributed by atoms with E-state index in [9.17, 15) is 13.2 Å². The fourth-order valence-corrected chi connectivity index (χ4v) is 4.88. The van der Waals surface area contributed by atoms with Crippen molar-refractivity contribution in [2.24, 2.45) is 0 Å². The van der Waals surface area contributed by atoms with Crippen LogP contribution < -0.4 is 0 Å². The van der Waals surface area contributed by atoms with Crippen LogP contribution in [0.4, 0.5) is 0 Å². The Bertz CT molecular complexity index is 765. The highest BCUT2D eigenvalue weighted by Crippen LogP contribution is 2.36. The van der Waals surface area contributed by atoms with Gasteiger partial charge in [0.2, 0.25) is 10.0 Å². The number of aryl methyl sites for hydroxylation is 1. The summed E-state index contributed by atoms with van der Waals surface area (Å²) in [6, 6.07) is 6.34. The first-order valence-electron chi connectivity index (χ1n) is 9.64. The number of benzene rings is 1. The third-order valence-electron chi connectivity index (χ3n) is 5.36. The molecule has 1 atom stereocenters. The highest BCUT2D eigenvalue weighted by molar-refractivity contribution is 7.89. The molecule has 0 aliphatic rings. The SMILES string of the molecule is Cc1ccc(S(=O)(=O)N(C/C=C\CO[Si](C)(C)C(C)(C)C)[C@@H](C)CC=O)cc1. The topological polar surface area (TPSA) is 63.7 Å². The zero-order chi connectivity index (χ0) is 21.6. The van der Waals surface area contributed by atoms with Crippen molar-refractivity contribution >= 4 is 24.6 Å². The molecule has 0 spiro atoms. The van der Waals surface area contributed by atoms with Gasteiger partial charge in [0.15, 0.2) is 8.32 Å². The predicted molar refractivity (Wildman–Crippen MR) is 118 cm³/mol. The summed E-state index contributed by atoms with van der Waals surface area (Å²) in [5, 5.41) is 0.125. The first kappa shape index (κ1) is 24.8. The van der Waals surface area contributed by atoms with Crippen LogP contribution in [0.2, 0.25) is 18.1 Å². The van der Waals surface area contributed by atoms with E-state index in [1.807, 2.05) is 13.0 Å². The summed E-state index contributed by atoms with van der Waals surface area (Å²) in [7, 11) is -5.53. The van der Waals surface area contributed by atoms with Gasteiger partial charge in [-0.2, -0.15) is 4.31 Å². The molecule has 158 valence electrons. The maximum atomic E-state index is 13.1. The third-order valence-corrected chi connectivity index (χ3v) is 11.9. The second kappa shape index (κ2) is 9.96. The molecule has 7 heteroatoms. The standard InChI is InChI=1S/C21H35NO4SSi/c1-18-10-12-20(13-11-18)27(24,25)22(19(2)14-16-23)15-8-9-17-26-28(6,7)21(3,4)5/h8-13,16,19H,14-15,17H2,1-7H3/b9-8-/t19-/m0/s1. The van der Waals surface area contributed by atoms with Gasteiger partial charge in [-0.15, -0.1) is 0 Å². The maximum Gasteiger partial charge on any atom is 0.243 e. The molecule has 0 bridgehead atoms. The summed E-state index contributed by atoms with van der Waals surface area (Å²) in [4.78, 5) is 11.2. The van der Waals surface area contributed by atoms with Crippen LogP contribution in [0.3, 0.4) is 0 Å². The Balaban J connectivity index is 2.92. The average molecular weight is 426 g/mol. The summed E-state index contributed by atoms with van der Waals surface area (Å²) in [6.45, 7) is 15.2. The van der Waals surface area contributed by atoms with Gasteiger partial charge in [-0.25, -0.2) is 8.42 Å². The van der Waals surface area contributed by atoms with Crippen molar-refractivity contribution in [3.05, 3.63) is 42.0 Å². The third kappa shape index (κ3) is 6.65. The number of sulfonamides is 1. The average Bonchev–Trinajstić information content (AvgIpc) is 2.57. The Hall–Kier alpha value is -1.28. The second-order valence-electron chi connectivity index (χ2n) is 8.68. The molecule has 0 aliphatic heterocycles. The van der Waals surface area contributed by atoms with E-state index in [-0.39, 0.29) is 22.9 Å². The van der Waals surface area contributed by atoms with Crippen LogP contribution in [0, 0.1) is 6.92 Å². The maximum absolute atomic E-state index is 13.1. The Kier molecular flexibility index (Phi) is 8.81. The fraction of sp³-hybridized carbons (Fsp3) is 0.571. The summed E-state index contributed by atoms with van der Waals surface area (Å²) in [6.07, 6.45) is 4.58. The van der Waals surface area contributed by atoms with Crippen LogP contribution in [0.15, 0.2) is 41.3 Å². The number of carbonyl (C=O) groups is 1. The van der Waals surface area contributed by atoms with Crippen LogP contribution >= 0.6 is 0 Å². The van der Waals surface area contributed by atoms with Gasteiger partial charge >= 0.3 is 0 Å². The summed E-state index contributed by atoms with van der Waals surface area (Å²) in [5.41, 5.74) is 0.995. The highest BCUT2D eigenvalue weighted by Gasteiger charge is 2.36. The van der Waals surface area contributed by atoms with E-state index in [1.54, 1.807) is 37.3 Å². The minimum Gasteiger partial charge on any atom is -0.413 e. The molecule has 0 N–H and O–H groups in total. The molecule has 5 nitrogen and oxygen atoms in total. The molecule has 0 amide bonds. The van der Waals surface area contributed by atoms with Gasteiger partial charge in [0.25, 0.3) is 0 Å².